The number of hydrogen-bond donors (Lipinski definition) is 1. The van der Waals surface area contributed by atoms with Crippen LogP contribution in [0.5, 0.6) is 0 Å². The molecule has 0 atom stereocenters. The summed E-state index contributed by atoms with van der Waals surface area (Å²) in [5, 5.41) is 2.27. The normalized spacial score (nSPS) is 11.0. The molecule has 1 N–H and O–H groups in total. The molecule has 0 saturated heterocycles. The Kier molecular flexibility index (Phi) is 4.52. The molecule has 0 spiro atoms. The van der Waals surface area contributed by atoms with Gasteiger partial charge in [0.1, 0.15) is 0 Å². The Labute approximate surface area is 107 Å². The van der Waals surface area contributed by atoms with Gasteiger partial charge in [-0.1, -0.05) is 6.07 Å². The number of esters is 1. The van der Waals surface area contributed by atoms with Crippen LogP contribution in [-0.2, 0) is 26.9 Å². The predicted molar refractivity (Wildman–Crippen MR) is 61.5 cm³/mol. The van der Waals surface area contributed by atoms with Gasteiger partial charge in [0, 0.05) is 12.6 Å². The van der Waals surface area contributed by atoms with Crippen molar-refractivity contribution in [2.24, 2.45) is 0 Å². The summed E-state index contributed by atoms with van der Waals surface area (Å²) < 4.78 is 42.1. The summed E-state index contributed by atoms with van der Waals surface area (Å²) in [5.74, 6) is -1.13. The van der Waals surface area contributed by atoms with Crippen LogP contribution in [-0.4, -0.2) is 19.0 Å². The van der Waals surface area contributed by atoms with Crippen molar-refractivity contribution in [3.05, 3.63) is 29.3 Å². The average Bonchev–Trinajstić information content (AvgIpc) is 2.29. The third-order valence-corrected chi connectivity index (χ3v) is 2.31. The van der Waals surface area contributed by atoms with Crippen LogP contribution >= 0.6 is 0 Å². The molecule has 0 aliphatic carbocycles. The minimum Gasteiger partial charge on any atom is -0.469 e. The zero-order valence-electron chi connectivity index (χ0n) is 10.3. The second-order valence-corrected chi connectivity index (χ2v) is 3.80. The molecule has 7 heteroatoms. The SMILES string of the molecule is COC(=O)Cc1ccc(C(F)(F)F)cc1NC(C)=O. The fourth-order valence-corrected chi connectivity index (χ4v) is 1.44. The van der Waals surface area contributed by atoms with Gasteiger partial charge in [-0.3, -0.25) is 9.59 Å². The molecule has 0 bridgehead atoms. The van der Waals surface area contributed by atoms with E-state index in [1.807, 2.05) is 0 Å². The summed E-state index contributed by atoms with van der Waals surface area (Å²) in [6, 6.07) is 2.79. The zero-order valence-corrected chi connectivity index (χ0v) is 10.3. The monoisotopic (exact) mass is 275 g/mol. The molecule has 0 saturated carbocycles. The van der Waals surface area contributed by atoms with Crippen LogP contribution in [0.15, 0.2) is 18.2 Å². The molecule has 0 radical (unpaired) electrons. The maximum absolute atomic E-state index is 12.6. The van der Waals surface area contributed by atoms with E-state index in [1.165, 1.54) is 14.0 Å². The third kappa shape index (κ3) is 4.27. The van der Waals surface area contributed by atoms with E-state index in [2.05, 4.69) is 10.1 Å². The molecule has 4 nitrogen and oxygen atoms in total. The third-order valence-electron chi connectivity index (χ3n) is 2.31. The lowest BCUT2D eigenvalue weighted by Gasteiger charge is -2.13. The summed E-state index contributed by atoms with van der Waals surface area (Å²) >= 11 is 0. The van der Waals surface area contributed by atoms with Crippen LogP contribution in [0.1, 0.15) is 18.1 Å². The van der Waals surface area contributed by atoms with E-state index >= 15 is 0 Å². The number of nitrogens with one attached hydrogen (secondary N) is 1. The van der Waals surface area contributed by atoms with E-state index in [0.29, 0.717) is 0 Å². The fraction of sp³-hybridized carbons (Fsp3) is 0.333. The molecular weight excluding hydrogens is 263 g/mol. The van der Waals surface area contributed by atoms with Crippen LogP contribution in [0.3, 0.4) is 0 Å². The average molecular weight is 275 g/mol. The summed E-state index contributed by atoms with van der Waals surface area (Å²) in [4.78, 5) is 22.1. The van der Waals surface area contributed by atoms with Crippen molar-refractivity contribution < 1.29 is 27.5 Å². The topological polar surface area (TPSA) is 55.4 Å². The quantitative estimate of drug-likeness (QED) is 0.862. The van der Waals surface area contributed by atoms with E-state index in [-0.39, 0.29) is 17.7 Å². The highest BCUT2D eigenvalue weighted by atomic mass is 19.4. The number of rotatable bonds is 3. The first kappa shape index (κ1) is 15.0. The van der Waals surface area contributed by atoms with Gasteiger partial charge in [0.05, 0.1) is 19.1 Å². The molecule has 19 heavy (non-hydrogen) atoms. The van der Waals surface area contributed by atoms with Crippen molar-refractivity contribution in [3.8, 4) is 0 Å². The van der Waals surface area contributed by atoms with Crippen molar-refractivity contribution in [1.29, 1.82) is 0 Å². The second-order valence-electron chi connectivity index (χ2n) is 3.80. The van der Waals surface area contributed by atoms with E-state index in [9.17, 15) is 22.8 Å². The number of anilines is 1. The van der Waals surface area contributed by atoms with Crippen molar-refractivity contribution in [2.75, 3.05) is 12.4 Å². The molecule has 1 rings (SSSR count). The largest absolute Gasteiger partial charge is 0.469 e. The number of carbonyl (C=O) groups is 2. The van der Waals surface area contributed by atoms with Gasteiger partial charge in [-0.05, 0) is 17.7 Å². The van der Waals surface area contributed by atoms with Crippen LogP contribution in [0.2, 0.25) is 0 Å². The highest BCUT2D eigenvalue weighted by Gasteiger charge is 2.31. The van der Waals surface area contributed by atoms with E-state index < -0.39 is 23.6 Å². The highest BCUT2D eigenvalue weighted by molar-refractivity contribution is 5.90. The molecule has 1 amide bonds. The molecule has 0 heterocycles. The fourth-order valence-electron chi connectivity index (χ4n) is 1.44. The molecule has 0 aromatic heterocycles. The Morgan fingerprint density at radius 1 is 1.32 bits per heavy atom. The standard InChI is InChI=1S/C12H12F3NO3/c1-7(17)16-10-6-9(12(13,14)15)4-3-8(10)5-11(18)19-2/h3-4,6H,5H2,1-2H3,(H,16,17). The molecule has 1 aromatic carbocycles. The van der Waals surface area contributed by atoms with E-state index in [0.717, 1.165) is 18.2 Å². The van der Waals surface area contributed by atoms with Crippen molar-refractivity contribution in [2.45, 2.75) is 19.5 Å². The Balaban J connectivity index is 3.16. The van der Waals surface area contributed by atoms with Gasteiger partial charge in [0.2, 0.25) is 5.91 Å². The first-order valence-electron chi connectivity index (χ1n) is 5.28. The Hall–Kier alpha value is -2.05. The van der Waals surface area contributed by atoms with Crippen molar-refractivity contribution in [1.82, 2.24) is 0 Å². The first-order chi connectivity index (χ1) is 8.74. The smallest absolute Gasteiger partial charge is 0.416 e. The molecule has 0 aliphatic heterocycles. The number of methoxy groups -OCH3 is 1. The van der Waals surface area contributed by atoms with Gasteiger partial charge < -0.3 is 10.1 Å². The van der Waals surface area contributed by atoms with Crippen LogP contribution in [0.4, 0.5) is 18.9 Å². The Morgan fingerprint density at radius 3 is 2.42 bits per heavy atom. The van der Waals surface area contributed by atoms with Gasteiger partial charge in [-0.15, -0.1) is 0 Å². The van der Waals surface area contributed by atoms with Gasteiger partial charge >= 0.3 is 12.1 Å². The van der Waals surface area contributed by atoms with E-state index in [4.69, 9.17) is 0 Å². The number of amides is 1. The molecule has 0 fully saturated rings. The number of carbonyl (C=O) groups excluding carboxylic acids is 2. The van der Waals surface area contributed by atoms with Crippen LogP contribution in [0.25, 0.3) is 0 Å². The molecule has 0 unspecified atom stereocenters. The number of halogens is 3. The number of ether oxygens (including phenoxy) is 1. The van der Waals surface area contributed by atoms with E-state index in [1.54, 1.807) is 0 Å². The van der Waals surface area contributed by atoms with Gasteiger partial charge in [-0.25, -0.2) is 0 Å². The molecule has 104 valence electrons. The van der Waals surface area contributed by atoms with Gasteiger partial charge in [-0.2, -0.15) is 13.2 Å². The summed E-state index contributed by atoms with van der Waals surface area (Å²) in [6.45, 7) is 1.17. The van der Waals surface area contributed by atoms with Crippen molar-refractivity contribution >= 4 is 17.6 Å². The molecule has 0 aliphatic rings. The summed E-state index contributed by atoms with van der Waals surface area (Å²) in [6.07, 6.45) is -4.73. The highest BCUT2D eigenvalue weighted by Crippen LogP contribution is 2.32. The zero-order chi connectivity index (χ0) is 14.6. The van der Waals surface area contributed by atoms with Crippen LogP contribution < -0.4 is 5.32 Å². The van der Waals surface area contributed by atoms with Gasteiger partial charge in [0.15, 0.2) is 0 Å². The number of hydrogen-bond acceptors (Lipinski definition) is 3. The summed E-state index contributed by atoms with van der Waals surface area (Å²) in [5.41, 5.74) is -0.687. The second kappa shape index (κ2) is 5.73. The number of benzene rings is 1. The minimum absolute atomic E-state index is 0.0484. The lowest BCUT2D eigenvalue weighted by Crippen LogP contribution is -2.14. The van der Waals surface area contributed by atoms with Crippen LogP contribution in [0, 0.1) is 0 Å². The Bertz CT molecular complexity index is 497. The number of alkyl halides is 3. The maximum Gasteiger partial charge on any atom is 0.416 e. The lowest BCUT2D eigenvalue weighted by atomic mass is 10.1. The lowest BCUT2D eigenvalue weighted by molar-refractivity contribution is -0.139. The maximum atomic E-state index is 12.6. The first-order valence-corrected chi connectivity index (χ1v) is 5.28. The molecule has 1 aromatic rings. The van der Waals surface area contributed by atoms with Crippen molar-refractivity contribution in [3.63, 3.8) is 0 Å². The minimum atomic E-state index is -4.52. The van der Waals surface area contributed by atoms with Gasteiger partial charge in [0.25, 0.3) is 0 Å². The molecular formula is C12H12F3NO3. The predicted octanol–water partition coefficient (Wildman–Crippen LogP) is 2.38. The Morgan fingerprint density at radius 2 is 1.95 bits per heavy atom. The summed E-state index contributed by atoms with van der Waals surface area (Å²) in [7, 11) is 1.17.